The van der Waals surface area contributed by atoms with Gasteiger partial charge in [-0.25, -0.2) is 0 Å². The summed E-state index contributed by atoms with van der Waals surface area (Å²) < 4.78 is 0. The topological polar surface area (TPSA) is 3.24 Å². The zero-order valence-electron chi connectivity index (χ0n) is 9.90. The van der Waals surface area contributed by atoms with Gasteiger partial charge >= 0.3 is 0 Å². The lowest BCUT2D eigenvalue weighted by atomic mass is 10.0. The molecule has 0 saturated carbocycles. The number of benzene rings is 1. The molecular formula is C14H20BrN. The van der Waals surface area contributed by atoms with E-state index >= 15 is 0 Å². The quantitative estimate of drug-likeness (QED) is 0.766. The molecule has 0 spiro atoms. The summed E-state index contributed by atoms with van der Waals surface area (Å²) in [6, 6.07) is 11.5. The van der Waals surface area contributed by atoms with E-state index in [0.29, 0.717) is 0 Å². The summed E-state index contributed by atoms with van der Waals surface area (Å²) in [6.45, 7) is 4.84. The fraction of sp³-hybridized carbons (Fsp3) is 0.571. The Labute approximate surface area is 107 Å². The molecule has 1 saturated heterocycles. The molecule has 0 aliphatic carbocycles. The van der Waals surface area contributed by atoms with Gasteiger partial charge in [-0.1, -0.05) is 53.2 Å². The molecule has 2 rings (SSSR count). The zero-order valence-corrected chi connectivity index (χ0v) is 11.5. The van der Waals surface area contributed by atoms with Gasteiger partial charge in [-0.2, -0.15) is 0 Å². The van der Waals surface area contributed by atoms with Gasteiger partial charge in [0.25, 0.3) is 0 Å². The normalized spacial score (nSPS) is 26.1. The third-order valence-corrected chi connectivity index (χ3v) is 4.35. The highest BCUT2D eigenvalue weighted by atomic mass is 79.9. The van der Waals surface area contributed by atoms with E-state index in [4.69, 9.17) is 0 Å². The molecule has 0 bridgehead atoms. The third-order valence-electron chi connectivity index (χ3n) is 3.69. The molecule has 1 aromatic rings. The minimum Gasteiger partial charge on any atom is -0.299 e. The van der Waals surface area contributed by atoms with Crippen LogP contribution in [0.2, 0.25) is 0 Å². The van der Waals surface area contributed by atoms with Crippen LogP contribution in [-0.2, 0) is 6.42 Å². The van der Waals surface area contributed by atoms with Gasteiger partial charge in [0, 0.05) is 17.9 Å². The van der Waals surface area contributed by atoms with E-state index in [1.807, 2.05) is 0 Å². The van der Waals surface area contributed by atoms with Gasteiger partial charge < -0.3 is 0 Å². The Balaban J connectivity index is 1.86. The molecule has 1 aliphatic heterocycles. The first-order valence-corrected chi connectivity index (χ1v) is 7.27. The first kappa shape index (κ1) is 12.1. The number of rotatable bonds is 4. The lowest BCUT2D eigenvalue weighted by Crippen LogP contribution is -2.35. The van der Waals surface area contributed by atoms with E-state index in [1.165, 1.54) is 31.5 Å². The number of halogens is 1. The predicted molar refractivity (Wildman–Crippen MR) is 73.1 cm³/mol. The average Bonchev–Trinajstić information content (AvgIpc) is 2.68. The van der Waals surface area contributed by atoms with Gasteiger partial charge in [0.1, 0.15) is 0 Å². The first-order valence-electron chi connectivity index (χ1n) is 6.15. The summed E-state index contributed by atoms with van der Waals surface area (Å²) in [5.74, 6) is 0.843. The molecule has 16 heavy (non-hydrogen) atoms. The molecule has 0 N–H and O–H groups in total. The van der Waals surface area contributed by atoms with Gasteiger partial charge in [-0.15, -0.1) is 0 Å². The highest BCUT2D eigenvalue weighted by Crippen LogP contribution is 2.25. The second kappa shape index (κ2) is 5.83. The summed E-state index contributed by atoms with van der Waals surface area (Å²) in [5, 5.41) is 1.11. The van der Waals surface area contributed by atoms with Gasteiger partial charge in [-0.3, -0.25) is 4.90 Å². The summed E-state index contributed by atoms with van der Waals surface area (Å²) >= 11 is 3.64. The number of alkyl halides is 1. The predicted octanol–water partition coefficient (Wildman–Crippen LogP) is 3.33. The van der Waals surface area contributed by atoms with Crippen LogP contribution in [0.25, 0.3) is 0 Å². The third kappa shape index (κ3) is 2.86. The highest BCUT2D eigenvalue weighted by molar-refractivity contribution is 9.09. The molecule has 1 nitrogen and oxygen atoms in total. The van der Waals surface area contributed by atoms with Crippen LogP contribution in [0.3, 0.4) is 0 Å². The van der Waals surface area contributed by atoms with Crippen molar-refractivity contribution in [3.63, 3.8) is 0 Å². The van der Waals surface area contributed by atoms with Crippen molar-refractivity contribution in [1.82, 2.24) is 4.90 Å². The smallest absolute Gasteiger partial charge is 0.0218 e. The molecule has 0 radical (unpaired) electrons. The van der Waals surface area contributed by atoms with E-state index in [-0.39, 0.29) is 0 Å². The molecule has 0 aromatic heterocycles. The van der Waals surface area contributed by atoms with E-state index in [2.05, 4.69) is 58.1 Å². The van der Waals surface area contributed by atoms with E-state index in [9.17, 15) is 0 Å². The Kier molecular flexibility index (Phi) is 4.42. The van der Waals surface area contributed by atoms with Crippen LogP contribution in [0.5, 0.6) is 0 Å². The van der Waals surface area contributed by atoms with Gasteiger partial charge in [0.2, 0.25) is 0 Å². The standard InChI is InChI=1S/C14H20BrN/c1-12-7-9-16(14(12)11-15)10-8-13-5-3-2-4-6-13/h2-6,12,14H,7-11H2,1H3. The van der Waals surface area contributed by atoms with Crippen molar-refractivity contribution in [2.45, 2.75) is 25.8 Å². The Bertz CT molecular complexity index is 312. The maximum Gasteiger partial charge on any atom is 0.0218 e. The molecule has 2 atom stereocenters. The minimum absolute atomic E-state index is 0.740. The van der Waals surface area contributed by atoms with Crippen LogP contribution >= 0.6 is 15.9 Å². The molecular weight excluding hydrogens is 262 g/mol. The van der Waals surface area contributed by atoms with Crippen LogP contribution in [0, 0.1) is 5.92 Å². The SMILES string of the molecule is CC1CCN(CCc2ccccc2)C1CBr. The molecule has 1 fully saturated rings. The summed E-state index contributed by atoms with van der Waals surface area (Å²) in [4.78, 5) is 2.63. The monoisotopic (exact) mass is 281 g/mol. The van der Waals surface area contributed by atoms with E-state index < -0.39 is 0 Å². The Hall–Kier alpha value is -0.340. The second-order valence-corrected chi connectivity index (χ2v) is 5.41. The van der Waals surface area contributed by atoms with Crippen molar-refractivity contribution in [3.05, 3.63) is 35.9 Å². The lowest BCUT2D eigenvalue weighted by Gasteiger charge is -2.24. The Morgan fingerprint density at radius 1 is 1.31 bits per heavy atom. The summed E-state index contributed by atoms with van der Waals surface area (Å²) in [6.07, 6.45) is 2.53. The van der Waals surface area contributed by atoms with Gasteiger partial charge in [-0.05, 0) is 30.9 Å². The fourth-order valence-corrected chi connectivity index (χ4v) is 3.58. The fourth-order valence-electron chi connectivity index (χ4n) is 2.53. The van der Waals surface area contributed by atoms with Crippen LogP contribution in [-0.4, -0.2) is 29.4 Å². The number of nitrogens with zero attached hydrogens (tertiary/aromatic N) is 1. The number of likely N-dealkylation sites (tertiary alicyclic amines) is 1. The first-order chi connectivity index (χ1) is 7.81. The lowest BCUT2D eigenvalue weighted by molar-refractivity contribution is 0.255. The van der Waals surface area contributed by atoms with Crippen molar-refractivity contribution in [3.8, 4) is 0 Å². The number of hydrogen-bond donors (Lipinski definition) is 0. The van der Waals surface area contributed by atoms with Gasteiger partial charge in [0.05, 0.1) is 0 Å². The van der Waals surface area contributed by atoms with Crippen LogP contribution in [0.4, 0.5) is 0 Å². The number of hydrogen-bond acceptors (Lipinski definition) is 1. The molecule has 1 aliphatic rings. The van der Waals surface area contributed by atoms with Crippen LogP contribution < -0.4 is 0 Å². The molecule has 2 unspecified atom stereocenters. The minimum atomic E-state index is 0.740. The van der Waals surface area contributed by atoms with Crippen molar-refractivity contribution in [2.24, 2.45) is 5.92 Å². The summed E-state index contributed by atoms with van der Waals surface area (Å²) in [5.41, 5.74) is 1.45. The average molecular weight is 282 g/mol. The van der Waals surface area contributed by atoms with Crippen molar-refractivity contribution < 1.29 is 0 Å². The summed E-state index contributed by atoms with van der Waals surface area (Å²) in [7, 11) is 0. The highest BCUT2D eigenvalue weighted by Gasteiger charge is 2.29. The van der Waals surface area contributed by atoms with Crippen LogP contribution in [0.15, 0.2) is 30.3 Å². The maximum absolute atomic E-state index is 3.64. The Morgan fingerprint density at radius 3 is 2.75 bits per heavy atom. The van der Waals surface area contributed by atoms with Crippen molar-refractivity contribution >= 4 is 15.9 Å². The molecule has 0 amide bonds. The van der Waals surface area contributed by atoms with E-state index in [1.54, 1.807) is 0 Å². The van der Waals surface area contributed by atoms with Crippen molar-refractivity contribution in [1.29, 1.82) is 0 Å². The largest absolute Gasteiger partial charge is 0.299 e. The Morgan fingerprint density at radius 2 is 2.06 bits per heavy atom. The zero-order chi connectivity index (χ0) is 11.4. The molecule has 88 valence electrons. The van der Waals surface area contributed by atoms with Gasteiger partial charge in [0.15, 0.2) is 0 Å². The molecule has 1 heterocycles. The molecule has 1 aromatic carbocycles. The second-order valence-electron chi connectivity index (χ2n) is 4.76. The van der Waals surface area contributed by atoms with Crippen molar-refractivity contribution in [2.75, 3.05) is 18.4 Å². The van der Waals surface area contributed by atoms with E-state index in [0.717, 1.165) is 17.3 Å². The van der Waals surface area contributed by atoms with Crippen LogP contribution in [0.1, 0.15) is 18.9 Å². The maximum atomic E-state index is 3.64. The molecule has 2 heteroatoms.